The van der Waals surface area contributed by atoms with E-state index in [-0.39, 0.29) is 24.1 Å². The molecule has 35 heavy (non-hydrogen) atoms. The first kappa shape index (κ1) is 25.1. The van der Waals surface area contributed by atoms with E-state index in [1.807, 2.05) is 36.3 Å². The second-order valence-electron chi connectivity index (χ2n) is 10.4. The summed E-state index contributed by atoms with van der Waals surface area (Å²) in [6.45, 7) is 4.50. The minimum atomic E-state index is -0.255. The molecule has 2 aliphatic carbocycles. The molecule has 0 atom stereocenters. The molecular formula is C29H38N2O4. The van der Waals surface area contributed by atoms with Gasteiger partial charge in [0.2, 0.25) is 0 Å². The van der Waals surface area contributed by atoms with Crippen molar-refractivity contribution in [2.75, 3.05) is 17.5 Å². The average Bonchev–Trinajstić information content (AvgIpc) is 2.87. The molecule has 1 N–H and O–H groups in total. The molecule has 0 heterocycles. The van der Waals surface area contributed by atoms with Gasteiger partial charge in [0.25, 0.3) is 0 Å². The number of hydrazine groups is 1. The van der Waals surface area contributed by atoms with E-state index in [0.717, 1.165) is 74.6 Å². The van der Waals surface area contributed by atoms with E-state index in [9.17, 15) is 9.59 Å². The fraction of sp³-hybridized carbons (Fsp3) is 0.517. The van der Waals surface area contributed by atoms with Crippen molar-refractivity contribution in [2.24, 2.45) is 11.8 Å². The van der Waals surface area contributed by atoms with Crippen molar-refractivity contribution in [1.82, 2.24) is 0 Å². The van der Waals surface area contributed by atoms with Gasteiger partial charge < -0.3 is 9.47 Å². The fourth-order valence-electron chi connectivity index (χ4n) is 4.89. The largest absolute Gasteiger partial charge is 0.459 e. The SMILES string of the molecule is CC1CCC(OC(=O)c2ccc(NN(C)c3ccc(C(=O)OC4CCC(C)CC4)cc3)cc2)CC1. The van der Waals surface area contributed by atoms with Crippen LogP contribution in [0.15, 0.2) is 48.5 Å². The third kappa shape index (κ3) is 7.00. The zero-order valence-corrected chi connectivity index (χ0v) is 21.2. The lowest BCUT2D eigenvalue weighted by Gasteiger charge is -2.26. The zero-order chi connectivity index (χ0) is 24.8. The first-order valence-electron chi connectivity index (χ1n) is 13.0. The van der Waals surface area contributed by atoms with Crippen LogP contribution in [0, 0.1) is 11.8 Å². The minimum Gasteiger partial charge on any atom is -0.459 e. The van der Waals surface area contributed by atoms with Crippen LogP contribution in [0.4, 0.5) is 11.4 Å². The maximum Gasteiger partial charge on any atom is 0.338 e. The van der Waals surface area contributed by atoms with Gasteiger partial charge in [-0.3, -0.25) is 10.4 Å². The molecule has 2 aromatic carbocycles. The molecule has 6 nitrogen and oxygen atoms in total. The van der Waals surface area contributed by atoms with Crippen molar-refractivity contribution in [1.29, 1.82) is 0 Å². The van der Waals surface area contributed by atoms with E-state index in [4.69, 9.17) is 9.47 Å². The first-order valence-corrected chi connectivity index (χ1v) is 13.0. The van der Waals surface area contributed by atoms with Gasteiger partial charge in [0.15, 0.2) is 0 Å². The van der Waals surface area contributed by atoms with Gasteiger partial charge in [0, 0.05) is 7.05 Å². The van der Waals surface area contributed by atoms with Gasteiger partial charge in [-0.05, 0) is 112 Å². The fourth-order valence-corrected chi connectivity index (χ4v) is 4.89. The van der Waals surface area contributed by atoms with E-state index in [2.05, 4.69) is 19.3 Å². The molecule has 2 aromatic rings. The van der Waals surface area contributed by atoms with E-state index >= 15 is 0 Å². The lowest BCUT2D eigenvalue weighted by molar-refractivity contribution is 0.0165. The minimum absolute atomic E-state index is 0.0363. The summed E-state index contributed by atoms with van der Waals surface area (Å²) < 4.78 is 11.4. The number of hydrogen-bond donors (Lipinski definition) is 1. The number of nitrogens with one attached hydrogen (secondary N) is 1. The summed E-state index contributed by atoms with van der Waals surface area (Å²) in [5, 5.41) is 1.87. The van der Waals surface area contributed by atoms with Crippen molar-refractivity contribution >= 4 is 23.3 Å². The zero-order valence-electron chi connectivity index (χ0n) is 21.2. The second kappa shape index (κ2) is 11.6. The first-order chi connectivity index (χ1) is 16.9. The predicted molar refractivity (Wildman–Crippen MR) is 139 cm³/mol. The Morgan fingerprint density at radius 2 is 1.09 bits per heavy atom. The summed E-state index contributed by atoms with van der Waals surface area (Å²) >= 11 is 0. The van der Waals surface area contributed by atoms with Crippen LogP contribution in [0.2, 0.25) is 0 Å². The Morgan fingerprint density at radius 1 is 0.686 bits per heavy atom. The molecule has 2 aliphatic rings. The molecule has 0 aliphatic heterocycles. The van der Waals surface area contributed by atoms with Crippen molar-refractivity contribution in [3.63, 3.8) is 0 Å². The quantitative estimate of drug-likeness (QED) is 0.356. The lowest BCUT2D eigenvalue weighted by atomic mass is 9.89. The molecule has 6 heteroatoms. The van der Waals surface area contributed by atoms with Gasteiger partial charge >= 0.3 is 11.9 Å². The number of hydrogen-bond acceptors (Lipinski definition) is 6. The Balaban J connectivity index is 1.27. The lowest BCUT2D eigenvalue weighted by Crippen LogP contribution is -2.25. The molecule has 0 spiro atoms. The Labute approximate surface area is 209 Å². The number of nitrogens with zero attached hydrogens (tertiary/aromatic N) is 1. The molecule has 2 saturated carbocycles. The van der Waals surface area contributed by atoms with Crippen molar-refractivity contribution in [3.8, 4) is 0 Å². The van der Waals surface area contributed by atoms with Crippen LogP contribution in [0.1, 0.15) is 85.9 Å². The Hall–Kier alpha value is -3.02. The van der Waals surface area contributed by atoms with Crippen molar-refractivity contribution in [3.05, 3.63) is 59.7 Å². The van der Waals surface area contributed by atoms with Crippen LogP contribution in [0.25, 0.3) is 0 Å². The molecule has 0 aromatic heterocycles. The summed E-state index contributed by atoms with van der Waals surface area (Å²) in [5.74, 6) is 0.942. The summed E-state index contributed by atoms with van der Waals surface area (Å²) in [4.78, 5) is 25.0. The number of benzene rings is 2. The molecule has 2 fully saturated rings. The maximum absolute atomic E-state index is 12.5. The summed E-state index contributed by atoms with van der Waals surface area (Å²) in [7, 11) is 1.91. The van der Waals surface area contributed by atoms with Crippen LogP contribution in [-0.4, -0.2) is 31.2 Å². The van der Waals surface area contributed by atoms with Gasteiger partial charge in [-0.25, -0.2) is 9.59 Å². The number of carbonyl (C=O) groups excluding carboxylic acids is 2. The Bertz CT molecular complexity index is 973. The molecule has 0 unspecified atom stereocenters. The molecule has 188 valence electrons. The normalized spacial score (nSPS) is 24.3. The molecule has 4 rings (SSSR count). The van der Waals surface area contributed by atoms with Crippen LogP contribution in [0.3, 0.4) is 0 Å². The monoisotopic (exact) mass is 478 g/mol. The van der Waals surface area contributed by atoms with Gasteiger partial charge in [-0.1, -0.05) is 13.8 Å². The van der Waals surface area contributed by atoms with Crippen molar-refractivity contribution in [2.45, 2.75) is 77.4 Å². The van der Waals surface area contributed by atoms with Gasteiger partial charge in [0.05, 0.1) is 22.5 Å². The predicted octanol–water partition coefficient (Wildman–Crippen LogP) is 6.62. The molecule has 0 bridgehead atoms. The number of carbonyl (C=O) groups is 2. The maximum atomic E-state index is 12.5. The smallest absolute Gasteiger partial charge is 0.338 e. The highest BCUT2D eigenvalue weighted by molar-refractivity contribution is 5.90. The number of rotatable bonds is 7. The Morgan fingerprint density at radius 3 is 1.51 bits per heavy atom. The van der Waals surface area contributed by atoms with Gasteiger partial charge in [0.1, 0.15) is 12.2 Å². The molecular weight excluding hydrogens is 440 g/mol. The van der Waals surface area contributed by atoms with Gasteiger partial charge in [-0.15, -0.1) is 0 Å². The summed E-state index contributed by atoms with van der Waals surface area (Å²) in [6, 6.07) is 14.7. The number of esters is 2. The molecule has 0 radical (unpaired) electrons. The number of ether oxygens (including phenoxy) is 2. The molecule has 0 amide bonds. The summed E-state index contributed by atoms with van der Waals surface area (Å²) in [5.41, 5.74) is 6.18. The number of anilines is 2. The van der Waals surface area contributed by atoms with E-state index in [1.165, 1.54) is 0 Å². The highest BCUT2D eigenvalue weighted by atomic mass is 16.5. The topological polar surface area (TPSA) is 67.9 Å². The third-order valence-corrected chi connectivity index (χ3v) is 7.38. The standard InChI is InChI=1S/C29H38N2O4/c1-20-4-16-26(17-5-20)34-28(32)22-8-12-24(13-9-22)30-31(3)25-14-10-23(11-15-25)29(33)35-27-18-6-21(2)7-19-27/h8-15,20-21,26-27,30H,4-7,16-19H2,1-3H3. The highest BCUT2D eigenvalue weighted by Gasteiger charge is 2.23. The van der Waals surface area contributed by atoms with E-state index < -0.39 is 0 Å². The second-order valence-corrected chi connectivity index (χ2v) is 10.4. The molecule has 0 saturated heterocycles. The van der Waals surface area contributed by atoms with Crippen molar-refractivity contribution < 1.29 is 19.1 Å². The third-order valence-electron chi connectivity index (χ3n) is 7.38. The van der Waals surface area contributed by atoms with Gasteiger partial charge in [-0.2, -0.15) is 0 Å². The highest BCUT2D eigenvalue weighted by Crippen LogP contribution is 2.27. The Kier molecular flexibility index (Phi) is 8.32. The van der Waals surface area contributed by atoms with Crippen LogP contribution >= 0.6 is 0 Å². The van der Waals surface area contributed by atoms with E-state index in [0.29, 0.717) is 11.1 Å². The van der Waals surface area contributed by atoms with E-state index in [1.54, 1.807) is 24.3 Å². The van der Waals surface area contributed by atoms with Crippen LogP contribution < -0.4 is 10.4 Å². The summed E-state index contributed by atoms with van der Waals surface area (Å²) in [6.07, 6.45) is 8.36. The average molecular weight is 479 g/mol. The van der Waals surface area contributed by atoms with Crippen LogP contribution in [0.5, 0.6) is 0 Å². The van der Waals surface area contributed by atoms with Crippen LogP contribution in [-0.2, 0) is 9.47 Å².